The van der Waals surface area contributed by atoms with Crippen LogP contribution in [0, 0.1) is 0 Å². The van der Waals surface area contributed by atoms with Crippen LogP contribution in [0.1, 0.15) is 0 Å². The first-order valence-electron chi connectivity index (χ1n) is 5.72. The number of rotatable bonds is 5. The molecule has 0 N–H and O–H groups in total. The summed E-state index contributed by atoms with van der Waals surface area (Å²) in [5.74, 6) is 1.61. The van der Waals surface area contributed by atoms with E-state index in [1.807, 2.05) is 54.6 Å². The van der Waals surface area contributed by atoms with Gasteiger partial charge in [-0.15, -0.1) is 0 Å². The highest BCUT2D eigenvalue weighted by Crippen LogP contribution is 2.19. The van der Waals surface area contributed by atoms with Gasteiger partial charge in [0.15, 0.2) is 0 Å². The van der Waals surface area contributed by atoms with Crippen LogP contribution in [0.25, 0.3) is 0 Å². The molecule has 0 bridgehead atoms. The normalized spacial score (nSPS) is 10.6. The van der Waals surface area contributed by atoms with Crippen LogP contribution < -0.4 is 9.92 Å². The first-order valence-corrected chi connectivity index (χ1v) is 7.24. The van der Waals surface area contributed by atoms with E-state index in [2.05, 4.69) is 0 Å². The minimum atomic E-state index is -1.86. The predicted molar refractivity (Wildman–Crippen MR) is 73.8 cm³/mol. The minimum Gasteiger partial charge on any atom is -0.457 e. The van der Waals surface area contributed by atoms with Crippen LogP contribution in [0.3, 0.4) is 0 Å². The number of para-hydroxylation sites is 2. The van der Waals surface area contributed by atoms with Gasteiger partial charge in [-0.2, -0.15) is 0 Å². The molecule has 2 aromatic carbocycles. The Kier molecular flexibility index (Phi) is 4.52. The van der Waals surface area contributed by atoms with Crippen LogP contribution in [-0.4, -0.2) is 23.5 Å². The molecule has 18 heavy (non-hydrogen) atoms. The van der Waals surface area contributed by atoms with Crippen LogP contribution in [0.4, 0.5) is 0 Å². The van der Waals surface area contributed by atoms with Crippen molar-refractivity contribution in [1.29, 1.82) is 0 Å². The molecular weight excluding hydrogens is 244 g/mol. The standard InChI is InChI=1S/C14H16O3Si/c1-15-18(16-2)14-11-7-6-10-13(14)17-12-8-4-3-5-9-12/h3-11,18H,1-2H3. The van der Waals surface area contributed by atoms with Crippen molar-refractivity contribution in [2.45, 2.75) is 0 Å². The smallest absolute Gasteiger partial charge is 0.359 e. The van der Waals surface area contributed by atoms with E-state index in [0.29, 0.717) is 0 Å². The van der Waals surface area contributed by atoms with Crippen molar-refractivity contribution in [3.63, 3.8) is 0 Å². The summed E-state index contributed by atoms with van der Waals surface area (Å²) in [4.78, 5) is 0. The van der Waals surface area contributed by atoms with E-state index < -0.39 is 9.28 Å². The van der Waals surface area contributed by atoms with Gasteiger partial charge in [0.2, 0.25) is 0 Å². The molecule has 2 aromatic rings. The van der Waals surface area contributed by atoms with Gasteiger partial charge in [-0.1, -0.05) is 36.4 Å². The Labute approximate surface area is 109 Å². The van der Waals surface area contributed by atoms with E-state index in [4.69, 9.17) is 13.6 Å². The molecule has 0 aliphatic rings. The second-order valence-electron chi connectivity index (χ2n) is 3.76. The Morgan fingerprint density at radius 2 is 1.39 bits per heavy atom. The largest absolute Gasteiger partial charge is 0.457 e. The quantitative estimate of drug-likeness (QED) is 0.771. The van der Waals surface area contributed by atoms with E-state index in [-0.39, 0.29) is 0 Å². The highest BCUT2D eigenvalue weighted by molar-refractivity contribution is 6.62. The lowest BCUT2D eigenvalue weighted by Gasteiger charge is -2.15. The van der Waals surface area contributed by atoms with E-state index in [0.717, 1.165) is 16.7 Å². The van der Waals surface area contributed by atoms with Gasteiger partial charge in [-0.25, -0.2) is 0 Å². The highest BCUT2D eigenvalue weighted by atomic mass is 28.3. The molecule has 0 fully saturated rings. The van der Waals surface area contributed by atoms with Gasteiger partial charge in [0.1, 0.15) is 11.5 Å². The molecule has 2 rings (SSSR count). The third kappa shape index (κ3) is 2.98. The number of ether oxygens (including phenoxy) is 1. The molecule has 0 unspecified atom stereocenters. The fourth-order valence-electron chi connectivity index (χ4n) is 1.73. The molecule has 0 spiro atoms. The summed E-state index contributed by atoms with van der Waals surface area (Å²) in [6.07, 6.45) is 0. The Balaban J connectivity index is 2.28. The zero-order valence-corrected chi connectivity index (χ0v) is 11.7. The fourth-order valence-corrected chi connectivity index (χ4v) is 3.09. The van der Waals surface area contributed by atoms with E-state index in [1.54, 1.807) is 14.2 Å². The lowest BCUT2D eigenvalue weighted by molar-refractivity contribution is 0.291. The monoisotopic (exact) mass is 260 g/mol. The lowest BCUT2D eigenvalue weighted by atomic mass is 10.3. The molecule has 0 saturated carbocycles. The summed E-state index contributed by atoms with van der Waals surface area (Å²) in [5.41, 5.74) is 0. The van der Waals surface area contributed by atoms with Crippen molar-refractivity contribution in [2.75, 3.05) is 14.2 Å². The van der Waals surface area contributed by atoms with Gasteiger partial charge < -0.3 is 13.6 Å². The van der Waals surface area contributed by atoms with Gasteiger partial charge >= 0.3 is 9.28 Å². The molecule has 0 aromatic heterocycles. The molecule has 94 valence electrons. The molecule has 0 saturated heterocycles. The van der Waals surface area contributed by atoms with Crippen molar-refractivity contribution < 1.29 is 13.6 Å². The third-order valence-corrected chi connectivity index (χ3v) is 4.41. The van der Waals surface area contributed by atoms with Gasteiger partial charge in [-0.3, -0.25) is 0 Å². The van der Waals surface area contributed by atoms with Crippen LogP contribution in [0.2, 0.25) is 0 Å². The Hall–Kier alpha value is -1.62. The van der Waals surface area contributed by atoms with Crippen LogP contribution in [0.5, 0.6) is 11.5 Å². The van der Waals surface area contributed by atoms with Crippen molar-refractivity contribution in [3.8, 4) is 11.5 Å². The van der Waals surface area contributed by atoms with Crippen LogP contribution in [-0.2, 0) is 8.85 Å². The zero-order chi connectivity index (χ0) is 12.8. The Bertz CT molecular complexity index is 483. The molecule has 0 heterocycles. The van der Waals surface area contributed by atoms with Crippen LogP contribution >= 0.6 is 0 Å². The molecule has 0 radical (unpaired) electrons. The van der Waals surface area contributed by atoms with E-state index in [9.17, 15) is 0 Å². The van der Waals surface area contributed by atoms with E-state index >= 15 is 0 Å². The fraction of sp³-hybridized carbons (Fsp3) is 0.143. The second kappa shape index (κ2) is 6.35. The summed E-state index contributed by atoms with van der Waals surface area (Å²) in [5, 5.41) is 1.01. The molecule has 0 aliphatic heterocycles. The van der Waals surface area contributed by atoms with Crippen molar-refractivity contribution in [3.05, 3.63) is 54.6 Å². The molecule has 0 amide bonds. The first-order chi connectivity index (χ1) is 8.85. The number of benzene rings is 2. The van der Waals surface area contributed by atoms with Gasteiger partial charge in [0, 0.05) is 19.4 Å². The Morgan fingerprint density at radius 1 is 0.778 bits per heavy atom. The maximum atomic E-state index is 5.87. The SMILES string of the molecule is CO[SiH](OC)c1ccccc1Oc1ccccc1. The maximum Gasteiger partial charge on any atom is 0.359 e. The highest BCUT2D eigenvalue weighted by Gasteiger charge is 2.18. The average molecular weight is 260 g/mol. The number of hydrogen-bond acceptors (Lipinski definition) is 3. The average Bonchev–Trinajstić information content (AvgIpc) is 2.43. The summed E-state index contributed by atoms with van der Waals surface area (Å²) >= 11 is 0. The second-order valence-corrected chi connectivity index (χ2v) is 5.98. The van der Waals surface area contributed by atoms with Gasteiger partial charge in [0.25, 0.3) is 0 Å². The summed E-state index contributed by atoms with van der Waals surface area (Å²) in [6.45, 7) is 0. The molecule has 3 nitrogen and oxygen atoms in total. The Morgan fingerprint density at radius 3 is 2.06 bits per heavy atom. The lowest BCUT2D eigenvalue weighted by Crippen LogP contribution is -2.35. The molecular formula is C14H16O3Si. The number of hydrogen-bond donors (Lipinski definition) is 0. The van der Waals surface area contributed by atoms with E-state index in [1.165, 1.54) is 0 Å². The molecule has 0 atom stereocenters. The minimum absolute atomic E-state index is 0.795. The van der Waals surface area contributed by atoms with Crippen molar-refractivity contribution in [1.82, 2.24) is 0 Å². The maximum absolute atomic E-state index is 5.87. The molecule has 0 aliphatic carbocycles. The summed E-state index contributed by atoms with van der Waals surface area (Å²) in [7, 11) is 1.48. The predicted octanol–water partition coefficient (Wildman–Crippen LogP) is 2.20. The van der Waals surface area contributed by atoms with Crippen LogP contribution in [0.15, 0.2) is 54.6 Å². The molecule has 4 heteroatoms. The summed E-state index contributed by atoms with van der Waals surface area (Å²) < 4.78 is 16.7. The van der Waals surface area contributed by atoms with Crippen molar-refractivity contribution in [2.24, 2.45) is 0 Å². The summed E-state index contributed by atoms with van der Waals surface area (Å²) in [6, 6.07) is 17.5. The zero-order valence-electron chi connectivity index (χ0n) is 10.5. The van der Waals surface area contributed by atoms with Gasteiger partial charge in [-0.05, 0) is 18.2 Å². The third-order valence-electron chi connectivity index (χ3n) is 2.57. The topological polar surface area (TPSA) is 27.7 Å². The first kappa shape index (κ1) is 12.8. The van der Waals surface area contributed by atoms with Gasteiger partial charge in [0.05, 0.1) is 0 Å². The van der Waals surface area contributed by atoms with Crippen molar-refractivity contribution >= 4 is 14.5 Å².